The van der Waals surface area contributed by atoms with E-state index in [2.05, 4.69) is 27.3 Å². The van der Waals surface area contributed by atoms with Crippen molar-refractivity contribution in [1.82, 2.24) is 14.7 Å². The summed E-state index contributed by atoms with van der Waals surface area (Å²) in [5.41, 5.74) is 4.40. The van der Waals surface area contributed by atoms with Crippen molar-refractivity contribution in [3.8, 4) is 5.75 Å². The number of amides is 1. The summed E-state index contributed by atoms with van der Waals surface area (Å²) >= 11 is 2.01. The highest BCUT2D eigenvalue weighted by atomic mass is 32.2. The lowest BCUT2D eigenvalue weighted by Gasteiger charge is -2.28. The summed E-state index contributed by atoms with van der Waals surface area (Å²) in [6.07, 6.45) is 1.93. The Hall–Kier alpha value is -2.67. The van der Waals surface area contributed by atoms with Crippen LogP contribution >= 0.6 is 11.8 Å². The number of fused-ring (bicyclic) bond motifs is 1. The SMILES string of the molecule is Cc1ccc2nc(C)c(C(=O)NCCOc3ccc(N4CCSCC4)cc3)n2c1. The number of pyridine rings is 1. The van der Waals surface area contributed by atoms with Crippen LogP contribution in [0.25, 0.3) is 5.65 Å². The molecule has 29 heavy (non-hydrogen) atoms. The molecule has 1 fully saturated rings. The van der Waals surface area contributed by atoms with E-state index in [9.17, 15) is 4.79 Å². The third-order valence-corrected chi connectivity index (χ3v) is 5.97. The van der Waals surface area contributed by atoms with Gasteiger partial charge in [0, 0.05) is 36.5 Å². The van der Waals surface area contributed by atoms with Crippen molar-refractivity contribution in [3.05, 3.63) is 59.5 Å². The minimum atomic E-state index is -0.137. The van der Waals surface area contributed by atoms with Crippen molar-refractivity contribution < 1.29 is 9.53 Å². The number of anilines is 1. The van der Waals surface area contributed by atoms with E-state index in [0.29, 0.717) is 18.8 Å². The minimum Gasteiger partial charge on any atom is -0.492 e. The molecule has 1 amide bonds. The van der Waals surface area contributed by atoms with Gasteiger partial charge in [0.15, 0.2) is 0 Å². The van der Waals surface area contributed by atoms with Gasteiger partial charge < -0.3 is 15.0 Å². The predicted molar refractivity (Wildman–Crippen MR) is 118 cm³/mol. The maximum atomic E-state index is 12.6. The van der Waals surface area contributed by atoms with Gasteiger partial charge in [-0.2, -0.15) is 11.8 Å². The Kier molecular flexibility index (Phi) is 5.94. The van der Waals surface area contributed by atoms with Crippen molar-refractivity contribution in [1.29, 1.82) is 0 Å². The molecule has 1 saturated heterocycles. The zero-order valence-electron chi connectivity index (χ0n) is 16.9. The fourth-order valence-electron chi connectivity index (χ4n) is 3.53. The van der Waals surface area contributed by atoms with Gasteiger partial charge in [-0.3, -0.25) is 9.20 Å². The molecule has 1 aliphatic rings. The molecule has 4 rings (SSSR count). The first-order valence-electron chi connectivity index (χ1n) is 9.91. The number of ether oxygens (including phenoxy) is 1. The molecular weight excluding hydrogens is 384 g/mol. The molecule has 0 spiro atoms. The van der Waals surface area contributed by atoms with E-state index >= 15 is 0 Å². The number of hydrogen-bond donors (Lipinski definition) is 1. The molecular formula is C22H26N4O2S. The summed E-state index contributed by atoms with van der Waals surface area (Å²) in [4.78, 5) is 19.5. The highest BCUT2D eigenvalue weighted by Crippen LogP contribution is 2.22. The third kappa shape index (κ3) is 4.50. The standard InChI is InChI=1S/C22H26N4O2S/c1-16-3-8-20-24-17(2)21(26(20)15-16)22(27)23-9-12-28-19-6-4-18(5-7-19)25-10-13-29-14-11-25/h3-8,15H,9-14H2,1-2H3,(H,23,27). The van der Waals surface area contributed by atoms with Gasteiger partial charge in [-0.25, -0.2) is 4.98 Å². The molecule has 0 saturated carbocycles. The molecule has 1 N–H and O–H groups in total. The summed E-state index contributed by atoms with van der Waals surface area (Å²) in [5.74, 6) is 3.05. The van der Waals surface area contributed by atoms with Gasteiger partial charge in [0.2, 0.25) is 0 Å². The number of nitrogens with zero attached hydrogens (tertiary/aromatic N) is 3. The number of aryl methyl sites for hydroxylation is 2. The van der Waals surface area contributed by atoms with E-state index in [1.165, 1.54) is 17.2 Å². The monoisotopic (exact) mass is 410 g/mol. The van der Waals surface area contributed by atoms with Crippen LogP contribution in [0.1, 0.15) is 21.7 Å². The lowest BCUT2D eigenvalue weighted by molar-refractivity contribution is 0.0940. The number of benzene rings is 1. The zero-order chi connectivity index (χ0) is 20.2. The van der Waals surface area contributed by atoms with Crippen molar-refractivity contribution >= 4 is 29.0 Å². The second-order valence-corrected chi connectivity index (χ2v) is 8.40. The quantitative estimate of drug-likeness (QED) is 0.632. The molecule has 6 nitrogen and oxygen atoms in total. The topological polar surface area (TPSA) is 58.9 Å². The van der Waals surface area contributed by atoms with Crippen molar-refractivity contribution in [2.45, 2.75) is 13.8 Å². The molecule has 1 aliphatic heterocycles. The third-order valence-electron chi connectivity index (χ3n) is 5.03. The lowest BCUT2D eigenvalue weighted by atomic mass is 10.2. The second-order valence-electron chi connectivity index (χ2n) is 7.18. The molecule has 0 unspecified atom stereocenters. The van der Waals surface area contributed by atoms with Crippen LogP contribution in [0, 0.1) is 13.8 Å². The Balaban J connectivity index is 1.30. The Morgan fingerprint density at radius 2 is 1.90 bits per heavy atom. The first-order chi connectivity index (χ1) is 14.1. The first-order valence-corrected chi connectivity index (χ1v) is 11.1. The minimum absolute atomic E-state index is 0.137. The number of rotatable bonds is 6. The number of carbonyl (C=O) groups is 1. The second kappa shape index (κ2) is 8.78. The number of nitrogens with one attached hydrogen (secondary N) is 1. The average molecular weight is 411 g/mol. The summed E-state index contributed by atoms with van der Waals surface area (Å²) in [7, 11) is 0. The first kappa shape index (κ1) is 19.6. The number of aromatic nitrogens is 2. The molecule has 0 radical (unpaired) electrons. The van der Waals surface area contributed by atoms with Crippen LogP contribution in [0.2, 0.25) is 0 Å². The molecule has 1 aromatic carbocycles. The lowest BCUT2D eigenvalue weighted by Crippen LogP contribution is -2.32. The maximum Gasteiger partial charge on any atom is 0.270 e. The van der Waals surface area contributed by atoms with Crippen LogP contribution in [-0.4, -0.2) is 53.0 Å². The van der Waals surface area contributed by atoms with Gasteiger partial charge in [-0.05, 0) is 49.7 Å². The summed E-state index contributed by atoms with van der Waals surface area (Å²) < 4.78 is 7.64. The van der Waals surface area contributed by atoms with Crippen LogP contribution < -0.4 is 15.0 Å². The fraction of sp³-hybridized carbons (Fsp3) is 0.364. The van der Waals surface area contributed by atoms with E-state index in [1.807, 2.05) is 60.5 Å². The number of thioether (sulfide) groups is 1. The molecule has 3 aromatic rings. The molecule has 0 atom stereocenters. The van der Waals surface area contributed by atoms with E-state index in [4.69, 9.17) is 4.74 Å². The highest BCUT2D eigenvalue weighted by Gasteiger charge is 2.16. The van der Waals surface area contributed by atoms with Gasteiger partial charge in [0.1, 0.15) is 23.7 Å². The Labute approximate surface area is 175 Å². The molecule has 2 aromatic heterocycles. The number of imidazole rings is 1. The molecule has 7 heteroatoms. The van der Waals surface area contributed by atoms with Crippen molar-refractivity contribution in [2.75, 3.05) is 42.6 Å². The van der Waals surface area contributed by atoms with E-state index < -0.39 is 0 Å². The van der Waals surface area contributed by atoms with Crippen LogP contribution in [0.15, 0.2) is 42.6 Å². The van der Waals surface area contributed by atoms with Crippen LogP contribution in [0.5, 0.6) is 5.75 Å². The molecule has 0 bridgehead atoms. The normalized spacial score (nSPS) is 14.2. The maximum absolute atomic E-state index is 12.6. The summed E-state index contributed by atoms with van der Waals surface area (Å²) in [5, 5.41) is 2.94. The van der Waals surface area contributed by atoms with Crippen molar-refractivity contribution in [2.24, 2.45) is 0 Å². The summed E-state index contributed by atoms with van der Waals surface area (Å²) in [6, 6.07) is 12.1. The van der Waals surface area contributed by atoms with E-state index in [0.717, 1.165) is 35.7 Å². The van der Waals surface area contributed by atoms with E-state index in [-0.39, 0.29) is 5.91 Å². The Morgan fingerprint density at radius 3 is 2.66 bits per heavy atom. The average Bonchev–Trinajstić information content (AvgIpc) is 3.07. The molecule has 3 heterocycles. The van der Waals surface area contributed by atoms with Crippen LogP contribution in [0.3, 0.4) is 0 Å². The summed E-state index contributed by atoms with van der Waals surface area (Å²) in [6.45, 7) is 6.90. The van der Waals surface area contributed by atoms with Crippen LogP contribution in [0.4, 0.5) is 5.69 Å². The van der Waals surface area contributed by atoms with Gasteiger partial charge in [-0.1, -0.05) is 6.07 Å². The number of hydrogen-bond acceptors (Lipinski definition) is 5. The van der Waals surface area contributed by atoms with Gasteiger partial charge in [0.05, 0.1) is 12.2 Å². The predicted octanol–water partition coefficient (Wildman–Crippen LogP) is 3.31. The fourth-order valence-corrected chi connectivity index (χ4v) is 4.44. The molecule has 152 valence electrons. The molecule has 0 aliphatic carbocycles. The van der Waals surface area contributed by atoms with E-state index in [1.54, 1.807) is 0 Å². The Morgan fingerprint density at radius 1 is 1.14 bits per heavy atom. The van der Waals surface area contributed by atoms with Crippen LogP contribution in [-0.2, 0) is 0 Å². The van der Waals surface area contributed by atoms with Gasteiger partial charge in [-0.15, -0.1) is 0 Å². The smallest absolute Gasteiger partial charge is 0.270 e. The van der Waals surface area contributed by atoms with Gasteiger partial charge >= 0.3 is 0 Å². The largest absolute Gasteiger partial charge is 0.492 e. The zero-order valence-corrected chi connectivity index (χ0v) is 17.7. The number of carbonyl (C=O) groups excluding carboxylic acids is 1. The van der Waals surface area contributed by atoms with Crippen molar-refractivity contribution in [3.63, 3.8) is 0 Å². The Bertz CT molecular complexity index is 994. The van der Waals surface area contributed by atoms with Gasteiger partial charge in [0.25, 0.3) is 5.91 Å². The highest BCUT2D eigenvalue weighted by molar-refractivity contribution is 7.99.